The lowest BCUT2D eigenvalue weighted by molar-refractivity contribution is 0.0534. The van der Waals surface area contributed by atoms with Crippen molar-refractivity contribution in [2.45, 2.75) is 19.6 Å². The van der Waals surface area contributed by atoms with Crippen molar-refractivity contribution >= 4 is 244 Å². The van der Waals surface area contributed by atoms with Crippen LogP contribution in [-0.4, -0.2) is 265 Å². The van der Waals surface area contributed by atoms with E-state index in [1.54, 1.807) is 0 Å². The Bertz CT molecular complexity index is 2740. The maximum absolute atomic E-state index is 12.7. The third-order valence-corrected chi connectivity index (χ3v) is 237. The zero-order valence-electron chi connectivity index (χ0n) is 35.2. The second-order valence-corrected chi connectivity index (χ2v) is 160. The Morgan fingerprint density at radius 2 is 0.429 bits per heavy atom. The minimum atomic E-state index is -4.66. The molecule has 64 heteroatoms. The van der Waals surface area contributed by atoms with Crippen molar-refractivity contribution in [3.8, 4) is 0 Å². The average molecular weight is 1490 g/mol. The van der Waals surface area contributed by atoms with Gasteiger partial charge in [0.05, 0.1) is 0 Å². The van der Waals surface area contributed by atoms with Gasteiger partial charge in [0.2, 0.25) is 9.28 Å². The lowest BCUT2D eigenvalue weighted by Crippen LogP contribution is -2.58. The molecule has 0 radical (unpaired) electrons. The van der Waals surface area contributed by atoms with Gasteiger partial charge in [0.1, 0.15) is 7.59 Å². The molecule has 0 bridgehead atoms. The molecule has 0 amide bonds. The van der Waals surface area contributed by atoms with E-state index in [1.165, 1.54) is 19.6 Å². The molecule has 0 heterocycles. The van der Waals surface area contributed by atoms with Gasteiger partial charge in [-0.15, -0.1) is 0 Å². The Morgan fingerprint density at radius 1 is 0.286 bits per heavy atom. The number of hydrogen-bond acceptors (Lipinski definition) is 33. The molecule has 0 saturated heterocycles. The van der Waals surface area contributed by atoms with Crippen LogP contribution in [0.1, 0.15) is 0 Å². The van der Waals surface area contributed by atoms with Crippen LogP contribution in [0, 0.1) is 0 Å². The maximum atomic E-state index is 12.7. The molecule has 0 atom stereocenters. The summed E-state index contributed by atoms with van der Waals surface area (Å²) in [6, 6.07) is 0. The maximum Gasteiger partial charge on any atom is 0.667 e. The Balaban J connectivity index is 0. The predicted octanol–water partition coefficient (Wildman–Crippen LogP) is -13.8. The largest absolute Gasteiger partial charge is 0.667 e. The summed E-state index contributed by atoms with van der Waals surface area (Å²) in [5.41, 5.74) is 0. The van der Waals surface area contributed by atoms with Crippen molar-refractivity contribution in [1.29, 1.82) is 0 Å². The minimum absolute atomic E-state index is 1.08. The van der Waals surface area contributed by atoms with Crippen molar-refractivity contribution in [1.82, 2.24) is 0 Å². The Labute approximate surface area is 427 Å². The van der Waals surface area contributed by atoms with E-state index in [4.69, 9.17) is 26.3 Å². The first kappa shape index (κ1) is 72.8. The molecule has 0 aliphatic heterocycles. The molecule has 0 rings (SSSR count). The SMILES string of the molecule is CO[Si](OC)(OC)O[SiH2][Si](=O)[Si](=O)[Si](=O)[Si](=O)[Si](=O)[Si](=O)[Si](=O)[Si](=O)[Si](=O)[Si](=O)[Si](=O)[Si](=O)[Si](=O)[Si](=O)[Si](=O)[Si](=O)[Si](=O)[Si](=O)[Si](=O)[Si](=O)[Si](=O)[Si](=O)[Si](=O)[Si](=O)[Si](=O)[Si](=O)[Si](=O)[Si](C)(C)C.O=[Si]=O. The van der Waals surface area contributed by atoms with Crippen LogP contribution in [0.2, 0.25) is 19.6 Å². The summed E-state index contributed by atoms with van der Waals surface area (Å²) in [7, 11) is -124. The molecule has 0 spiro atoms. The topological polar surface area (TPSA) is 532 Å². The summed E-state index contributed by atoms with van der Waals surface area (Å²) in [5.74, 6) is 0. The fourth-order valence-corrected chi connectivity index (χ4v) is 343. The van der Waals surface area contributed by atoms with Crippen LogP contribution >= 0.6 is 0 Å². The summed E-state index contributed by atoms with van der Waals surface area (Å²) in [5, 5.41) is 0. The van der Waals surface area contributed by atoms with Crippen molar-refractivity contribution in [3.05, 3.63) is 0 Å². The second-order valence-electron chi connectivity index (χ2n) is 12.7. The zero-order valence-corrected chi connectivity index (χ0v) is 66.6. The monoisotopic (exact) mass is 1490 g/mol. The summed E-state index contributed by atoms with van der Waals surface area (Å²) >= 11 is 0. The summed E-state index contributed by atoms with van der Waals surface area (Å²) in [4.78, 5) is 0. The minimum Gasteiger partial charge on any atom is -0.395 e. The Morgan fingerprint density at radius 3 is 0.571 bits per heavy atom. The van der Waals surface area contributed by atoms with E-state index in [0.29, 0.717) is 0 Å². The fraction of sp³-hybridized carbons (Fsp3) is 1.00. The van der Waals surface area contributed by atoms with Gasteiger partial charge < -0.3 is 138 Å². The standard InChI is InChI=1S/C6H20O31Si30.O2Si/c1-34-67(35-2,36-3)37-38-39(7)40(8)41(9)42(10)43(11)44(12)45(13)46(14)47(15)48(16)49(17)50(18)51(19)52(20)53(21)54(22)55(23)56(24)57(25)58(26)59(27)60(28)61(29)62(30)63(31)64(32)65(33)66(4,5)6;1-3-2/h38H2,1-6H3;. The second kappa shape index (κ2) is 33.1. The highest BCUT2D eigenvalue weighted by molar-refractivity contribution is 7.84. The Kier molecular flexibility index (Phi) is 34.5. The molecule has 0 aliphatic rings. The molecule has 0 unspecified atom stereocenters. The Hall–Kier alpha value is 0.763. The van der Waals surface area contributed by atoms with Gasteiger partial charge in [-0.1, -0.05) is 19.6 Å². The van der Waals surface area contributed by atoms with Gasteiger partial charge in [-0.25, -0.2) is 0 Å². The van der Waals surface area contributed by atoms with Gasteiger partial charge in [-0.05, 0) is 0 Å². The van der Waals surface area contributed by atoms with Crippen molar-refractivity contribution in [2.75, 3.05) is 21.3 Å². The van der Waals surface area contributed by atoms with E-state index < -0.39 is 244 Å². The van der Waals surface area contributed by atoms with Crippen molar-refractivity contribution in [2.24, 2.45) is 0 Å². The van der Waals surface area contributed by atoms with Gasteiger partial charge >= 0.3 is 227 Å². The molecule has 70 heavy (non-hydrogen) atoms. The van der Waals surface area contributed by atoms with Crippen molar-refractivity contribution < 1.29 is 147 Å². The first-order valence-corrected chi connectivity index (χ1v) is 90.7. The van der Waals surface area contributed by atoms with E-state index >= 15 is 0 Å². The molecule has 0 aromatic heterocycles. The molecule has 366 valence electrons. The van der Waals surface area contributed by atoms with Gasteiger partial charge in [0.15, 0.2) is 0 Å². The highest BCUT2D eigenvalue weighted by Gasteiger charge is 2.58. The highest BCUT2D eigenvalue weighted by atomic mass is 30.1. The van der Waals surface area contributed by atoms with Crippen LogP contribution in [0.3, 0.4) is 0 Å². The van der Waals surface area contributed by atoms with Gasteiger partial charge in [0.25, 0.3) is 0 Å². The first-order valence-electron chi connectivity index (χ1n) is 16.9. The quantitative estimate of drug-likeness (QED) is 0.0551. The van der Waals surface area contributed by atoms with Gasteiger partial charge in [0, 0.05) is 21.3 Å². The third kappa shape index (κ3) is 20.0. The van der Waals surface area contributed by atoms with E-state index in [9.17, 15) is 120 Å². The third-order valence-electron chi connectivity index (χ3n) is 7.22. The van der Waals surface area contributed by atoms with Crippen molar-refractivity contribution in [3.63, 3.8) is 0 Å². The van der Waals surface area contributed by atoms with E-state index in [0.717, 1.165) is 21.3 Å². The van der Waals surface area contributed by atoms with E-state index in [-0.39, 0.29) is 0 Å². The van der Waals surface area contributed by atoms with Crippen LogP contribution in [-0.2, 0) is 147 Å². The van der Waals surface area contributed by atoms with E-state index in [2.05, 4.69) is 0 Å². The van der Waals surface area contributed by atoms with E-state index in [1.807, 2.05) is 0 Å². The highest BCUT2D eigenvalue weighted by Crippen LogP contribution is 2.06. The molecule has 33 nitrogen and oxygen atoms in total. The summed E-state index contributed by atoms with van der Waals surface area (Å²) in [6.45, 7) is 4.37. The van der Waals surface area contributed by atoms with Crippen LogP contribution in [0.4, 0.5) is 0 Å². The molecule has 0 fully saturated rings. The fourth-order valence-electron chi connectivity index (χ4n) is 3.59. The first-order chi connectivity index (χ1) is 31.9. The normalized spacial score (nSPS) is 10.5. The smallest absolute Gasteiger partial charge is 0.395 e. The van der Waals surface area contributed by atoms with Gasteiger partial charge in [-0.2, -0.15) is 0 Å². The molecular weight excluding hydrogens is 1470 g/mol. The van der Waals surface area contributed by atoms with Gasteiger partial charge in [-0.3, -0.25) is 8.92 Å². The molecule has 0 aromatic rings. The molecule has 0 aromatic carbocycles. The average Bonchev–Trinajstić information content (AvgIpc) is 3.34. The lowest BCUT2D eigenvalue weighted by Gasteiger charge is -2.22. The zero-order chi connectivity index (χ0) is 55.8. The number of hydrogen-bond donors (Lipinski definition) is 0. The summed E-state index contributed by atoms with van der Waals surface area (Å²) in [6.07, 6.45) is 0. The molecule has 0 aliphatic carbocycles. The molecular formula is C6H20O33Si31. The molecule has 0 N–H and O–H groups in total. The van der Waals surface area contributed by atoms with Crippen LogP contribution in [0.25, 0.3) is 0 Å². The lowest BCUT2D eigenvalue weighted by atomic mass is 11.8. The van der Waals surface area contributed by atoms with Crippen LogP contribution in [0.5, 0.6) is 0 Å². The number of rotatable bonds is 33. The predicted molar refractivity (Wildman–Crippen MR) is 241 cm³/mol. The van der Waals surface area contributed by atoms with Crippen LogP contribution < -0.4 is 0 Å². The van der Waals surface area contributed by atoms with Crippen LogP contribution in [0.15, 0.2) is 0 Å². The molecule has 0 saturated carbocycles. The summed E-state index contributed by atoms with van der Waals surface area (Å²) < 4.78 is 378.